The molecule has 1 aliphatic heterocycles. The summed E-state index contributed by atoms with van der Waals surface area (Å²) in [6, 6.07) is 13.3. The van der Waals surface area contributed by atoms with E-state index in [1.54, 1.807) is 4.90 Å². The van der Waals surface area contributed by atoms with E-state index in [-0.39, 0.29) is 18.4 Å². The number of hydrogen-bond acceptors (Lipinski definition) is 5. The van der Waals surface area contributed by atoms with Crippen LogP contribution in [0.15, 0.2) is 53.6 Å². The summed E-state index contributed by atoms with van der Waals surface area (Å²) in [7, 11) is 0. The Morgan fingerprint density at radius 1 is 1.15 bits per heavy atom. The molecule has 0 atom stereocenters. The van der Waals surface area contributed by atoms with Crippen molar-refractivity contribution in [2.24, 2.45) is 0 Å². The maximum absolute atomic E-state index is 12.3. The molecule has 0 saturated carbocycles. The molecule has 3 aromatic rings. The summed E-state index contributed by atoms with van der Waals surface area (Å²) in [6.45, 7) is 0.462. The lowest BCUT2D eigenvalue weighted by atomic mass is 10.2. The molecule has 0 saturated heterocycles. The lowest BCUT2D eigenvalue weighted by Gasteiger charge is -2.28. The Balaban J connectivity index is 1.36. The van der Waals surface area contributed by atoms with Gasteiger partial charge in [0.1, 0.15) is 12.4 Å². The second kappa shape index (κ2) is 7.17. The van der Waals surface area contributed by atoms with Gasteiger partial charge in [-0.3, -0.25) is 14.0 Å². The van der Waals surface area contributed by atoms with Crippen LogP contribution in [0.3, 0.4) is 0 Å². The number of benzene rings is 1. The van der Waals surface area contributed by atoms with Gasteiger partial charge in [-0.2, -0.15) is 0 Å². The molecule has 0 fully saturated rings. The summed E-state index contributed by atoms with van der Waals surface area (Å²) in [5.41, 5.74) is 1.58. The van der Waals surface area contributed by atoms with Gasteiger partial charge >= 0.3 is 0 Å². The second-order valence-corrected chi connectivity index (χ2v) is 6.90. The summed E-state index contributed by atoms with van der Waals surface area (Å²) in [5, 5.41) is 11.1. The van der Waals surface area contributed by atoms with Gasteiger partial charge in [0.25, 0.3) is 0 Å². The van der Waals surface area contributed by atoms with Crippen LogP contribution < -0.4 is 10.2 Å². The van der Waals surface area contributed by atoms with E-state index in [1.807, 2.05) is 53.1 Å². The number of hydrogen-bond donors (Lipinski definition) is 1. The van der Waals surface area contributed by atoms with Crippen molar-refractivity contribution in [3.8, 4) is 0 Å². The third kappa shape index (κ3) is 3.28. The Labute approximate surface area is 154 Å². The standard InChI is InChI=1S/C18H17N5O2S/c24-17(11-23-13-5-1-2-6-14(13)26-12-18(23)25)19-9-8-16-21-20-15-7-3-4-10-22(15)16/h1-7,10H,8-9,11-12H2,(H,19,24). The number of carbonyl (C=O) groups excluding carboxylic acids is 2. The molecule has 132 valence electrons. The lowest BCUT2D eigenvalue weighted by Crippen LogP contribution is -2.43. The number of thioether (sulfide) groups is 1. The van der Waals surface area contributed by atoms with Crippen LogP contribution in [0.4, 0.5) is 5.69 Å². The molecule has 0 radical (unpaired) electrons. The Bertz CT molecular complexity index is 971. The van der Waals surface area contributed by atoms with Crippen LogP contribution in [-0.2, 0) is 16.0 Å². The first kappa shape index (κ1) is 16.6. The largest absolute Gasteiger partial charge is 0.354 e. The minimum Gasteiger partial charge on any atom is -0.354 e. The zero-order valence-corrected chi connectivity index (χ0v) is 14.8. The second-order valence-electron chi connectivity index (χ2n) is 5.88. The normalized spacial score (nSPS) is 13.7. The molecule has 0 unspecified atom stereocenters. The molecular weight excluding hydrogens is 350 g/mol. The van der Waals surface area contributed by atoms with E-state index in [2.05, 4.69) is 15.5 Å². The van der Waals surface area contributed by atoms with Crippen LogP contribution in [0.5, 0.6) is 0 Å². The predicted octanol–water partition coefficient (Wildman–Crippen LogP) is 1.53. The first-order chi connectivity index (χ1) is 12.7. The molecule has 1 aliphatic rings. The highest BCUT2D eigenvalue weighted by atomic mass is 32.2. The summed E-state index contributed by atoms with van der Waals surface area (Å²) in [6.07, 6.45) is 2.46. The number of carbonyl (C=O) groups is 2. The van der Waals surface area contributed by atoms with Crippen LogP contribution in [-0.4, -0.2) is 45.3 Å². The van der Waals surface area contributed by atoms with Gasteiger partial charge in [-0.05, 0) is 24.3 Å². The number of fused-ring (bicyclic) bond motifs is 2. The number of pyridine rings is 1. The monoisotopic (exact) mass is 367 g/mol. The number of aromatic nitrogens is 3. The van der Waals surface area contributed by atoms with Gasteiger partial charge in [-0.25, -0.2) is 0 Å². The SMILES string of the molecule is O=C(CN1C(=O)CSc2ccccc21)NCCc1nnc2ccccn12. The first-order valence-corrected chi connectivity index (χ1v) is 9.28. The predicted molar refractivity (Wildman–Crippen MR) is 99.2 cm³/mol. The Morgan fingerprint density at radius 2 is 2.00 bits per heavy atom. The first-order valence-electron chi connectivity index (χ1n) is 8.30. The van der Waals surface area contributed by atoms with Crippen molar-refractivity contribution in [1.29, 1.82) is 0 Å². The number of nitrogens with zero attached hydrogens (tertiary/aromatic N) is 4. The maximum atomic E-state index is 12.3. The topological polar surface area (TPSA) is 79.6 Å². The molecule has 0 spiro atoms. The summed E-state index contributed by atoms with van der Waals surface area (Å²) in [4.78, 5) is 27.1. The van der Waals surface area contributed by atoms with Crippen LogP contribution in [0.2, 0.25) is 0 Å². The molecular formula is C18H17N5O2S. The minimum atomic E-state index is -0.186. The van der Waals surface area contributed by atoms with Crippen molar-refractivity contribution >= 4 is 34.9 Å². The van der Waals surface area contributed by atoms with E-state index in [1.165, 1.54) is 11.8 Å². The average Bonchev–Trinajstić information content (AvgIpc) is 3.07. The Hall–Kier alpha value is -2.87. The summed E-state index contributed by atoms with van der Waals surface area (Å²) in [5.74, 6) is 0.911. The molecule has 8 heteroatoms. The van der Waals surface area contributed by atoms with Gasteiger partial charge < -0.3 is 10.2 Å². The van der Waals surface area contributed by atoms with Crippen LogP contribution in [0.1, 0.15) is 5.82 Å². The molecule has 0 bridgehead atoms. The fourth-order valence-corrected chi connectivity index (χ4v) is 3.84. The van der Waals surface area contributed by atoms with Crippen molar-refractivity contribution in [3.63, 3.8) is 0 Å². The molecule has 1 N–H and O–H groups in total. The molecule has 2 aromatic heterocycles. The molecule has 7 nitrogen and oxygen atoms in total. The van der Waals surface area contributed by atoms with Crippen LogP contribution >= 0.6 is 11.8 Å². The van der Waals surface area contributed by atoms with Gasteiger partial charge in [0.2, 0.25) is 11.8 Å². The van der Waals surface area contributed by atoms with Crippen LogP contribution in [0.25, 0.3) is 5.65 Å². The highest BCUT2D eigenvalue weighted by molar-refractivity contribution is 8.00. The molecule has 4 rings (SSSR count). The number of rotatable bonds is 5. The van der Waals surface area contributed by atoms with Crippen molar-refractivity contribution in [1.82, 2.24) is 19.9 Å². The molecule has 2 amide bonds. The van der Waals surface area contributed by atoms with E-state index in [4.69, 9.17) is 0 Å². The number of nitrogens with one attached hydrogen (secondary N) is 1. The van der Waals surface area contributed by atoms with E-state index in [9.17, 15) is 9.59 Å². The number of para-hydroxylation sites is 1. The third-order valence-corrected chi connectivity index (χ3v) is 5.21. The van der Waals surface area contributed by atoms with Gasteiger partial charge in [-0.1, -0.05) is 18.2 Å². The van der Waals surface area contributed by atoms with Crippen LogP contribution in [0, 0.1) is 0 Å². The highest BCUT2D eigenvalue weighted by Crippen LogP contribution is 2.34. The van der Waals surface area contributed by atoms with E-state index < -0.39 is 0 Å². The summed E-state index contributed by atoms with van der Waals surface area (Å²) >= 11 is 1.50. The summed E-state index contributed by atoms with van der Waals surface area (Å²) < 4.78 is 1.90. The zero-order valence-electron chi connectivity index (χ0n) is 14.0. The van der Waals surface area contributed by atoms with E-state index in [0.717, 1.165) is 22.1 Å². The highest BCUT2D eigenvalue weighted by Gasteiger charge is 2.26. The Morgan fingerprint density at radius 3 is 2.92 bits per heavy atom. The maximum Gasteiger partial charge on any atom is 0.240 e. The van der Waals surface area contributed by atoms with E-state index in [0.29, 0.717) is 18.7 Å². The van der Waals surface area contributed by atoms with Gasteiger partial charge in [-0.15, -0.1) is 22.0 Å². The van der Waals surface area contributed by atoms with Crippen molar-refractivity contribution in [3.05, 3.63) is 54.5 Å². The average molecular weight is 367 g/mol. The molecule has 1 aromatic carbocycles. The number of anilines is 1. The van der Waals surface area contributed by atoms with Gasteiger partial charge in [0.05, 0.1) is 11.4 Å². The molecule has 0 aliphatic carbocycles. The van der Waals surface area contributed by atoms with Crippen molar-refractivity contribution < 1.29 is 9.59 Å². The quantitative estimate of drug-likeness (QED) is 0.740. The van der Waals surface area contributed by atoms with Crippen molar-refractivity contribution in [2.75, 3.05) is 23.7 Å². The molecule has 3 heterocycles. The zero-order chi connectivity index (χ0) is 17.9. The van der Waals surface area contributed by atoms with E-state index >= 15 is 0 Å². The van der Waals surface area contributed by atoms with Crippen molar-refractivity contribution in [2.45, 2.75) is 11.3 Å². The molecule has 26 heavy (non-hydrogen) atoms. The minimum absolute atomic E-state index is 0.0248. The van der Waals surface area contributed by atoms with Gasteiger partial charge in [0, 0.05) is 24.1 Å². The lowest BCUT2D eigenvalue weighted by molar-refractivity contribution is -0.122. The van der Waals surface area contributed by atoms with Gasteiger partial charge in [0.15, 0.2) is 5.65 Å². The Kier molecular flexibility index (Phi) is 4.57. The fourth-order valence-electron chi connectivity index (χ4n) is 2.90. The fraction of sp³-hybridized carbons (Fsp3) is 0.222. The third-order valence-electron chi connectivity index (χ3n) is 4.17. The smallest absolute Gasteiger partial charge is 0.240 e. The number of amides is 2.